The maximum atomic E-state index is 12.7. The molecule has 0 aromatic heterocycles. The first-order valence-electron chi connectivity index (χ1n) is 9.93. The van der Waals surface area contributed by atoms with Gasteiger partial charge in [-0.2, -0.15) is 0 Å². The van der Waals surface area contributed by atoms with E-state index >= 15 is 0 Å². The molecule has 2 aromatic rings. The molecule has 30 heavy (non-hydrogen) atoms. The summed E-state index contributed by atoms with van der Waals surface area (Å²) < 4.78 is 16.0. The van der Waals surface area contributed by atoms with Gasteiger partial charge in [-0.05, 0) is 25.0 Å². The van der Waals surface area contributed by atoms with Crippen LogP contribution in [0, 0.1) is 5.92 Å². The van der Waals surface area contributed by atoms with E-state index < -0.39 is 0 Å². The Kier molecular flexibility index (Phi) is 7.12. The number of carbonyl (C=O) groups excluding carboxylic acids is 2. The van der Waals surface area contributed by atoms with Crippen molar-refractivity contribution in [3.63, 3.8) is 0 Å². The highest BCUT2D eigenvalue weighted by Crippen LogP contribution is 2.35. The molecule has 1 amide bonds. The van der Waals surface area contributed by atoms with E-state index in [9.17, 15) is 9.59 Å². The van der Waals surface area contributed by atoms with E-state index in [0.717, 1.165) is 11.1 Å². The van der Waals surface area contributed by atoms with E-state index in [2.05, 4.69) is 0 Å². The van der Waals surface area contributed by atoms with Gasteiger partial charge in [0.15, 0.2) is 17.3 Å². The van der Waals surface area contributed by atoms with Gasteiger partial charge in [0.25, 0.3) is 0 Å². The minimum absolute atomic E-state index is 0.0358. The fourth-order valence-corrected chi connectivity index (χ4v) is 3.65. The van der Waals surface area contributed by atoms with Crippen LogP contribution in [0.3, 0.4) is 0 Å². The Bertz CT molecular complexity index is 915. The Morgan fingerprint density at radius 1 is 0.900 bits per heavy atom. The highest BCUT2D eigenvalue weighted by atomic mass is 16.5. The molecular formula is C24H27NO5. The molecule has 1 saturated heterocycles. The zero-order valence-corrected chi connectivity index (χ0v) is 17.6. The van der Waals surface area contributed by atoms with Crippen molar-refractivity contribution in [1.29, 1.82) is 0 Å². The highest BCUT2D eigenvalue weighted by Gasteiger charge is 2.27. The van der Waals surface area contributed by atoms with Crippen LogP contribution in [-0.4, -0.2) is 51.0 Å². The topological polar surface area (TPSA) is 65.1 Å². The summed E-state index contributed by atoms with van der Waals surface area (Å²) in [5, 5.41) is 0. The maximum Gasteiger partial charge on any atom is 0.246 e. The van der Waals surface area contributed by atoms with Gasteiger partial charge in [-0.1, -0.05) is 30.3 Å². The third-order valence-electron chi connectivity index (χ3n) is 5.38. The summed E-state index contributed by atoms with van der Waals surface area (Å²) in [5.74, 6) is 1.75. The number of methoxy groups -OCH3 is 3. The molecule has 0 bridgehead atoms. The Balaban J connectivity index is 1.63. The lowest BCUT2D eigenvalue weighted by atomic mass is 9.89. The summed E-state index contributed by atoms with van der Waals surface area (Å²) in [4.78, 5) is 27.0. The largest absolute Gasteiger partial charge is 0.496 e. The molecule has 0 radical (unpaired) electrons. The third-order valence-corrected chi connectivity index (χ3v) is 5.38. The van der Waals surface area contributed by atoms with Gasteiger partial charge in [-0.3, -0.25) is 9.59 Å². The summed E-state index contributed by atoms with van der Waals surface area (Å²) in [6.07, 6.45) is 4.59. The fraction of sp³-hybridized carbons (Fsp3) is 0.333. The van der Waals surface area contributed by atoms with Gasteiger partial charge < -0.3 is 19.1 Å². The SMILES string of the molecule is COc1cc(OC)c(OC)cc1/C=C/C(=O)N1CCC(C(=O)c2ccccc2)CC1. The molecule has 1 aliphatic rings. The van der Waals surface area contributed by atoms with Crippen LogP contribution < -0.4 is 14.2 Å². The smallest absolute Gasteiger partial charge is 0.246 e. The summed E-state index contributed by atoms with van der Waals surface area (Å²) in [5.41, 5.74) is 1.46. The number of nitrogens with zero attached hydrogens (tertiary/aromatic N) is 1. The minimum Gasteiger partial charge on any atom is -0.496 e. The number of amides is 1. The number of rotatable bonds is 7. The lowest BCUT2D eigenvalue weighted by molar-refractivity contribution is -0.127. The van der Waals surface area contributed by atoms with Crippen molar-refractivity contribution >= 4 is 17.8 Å². The Morgan fingerprint density at radius 2 is 1.50 bits per heavy atom. The van der Waals surface area contributed by atoms with Crippen LogP contribution >= 0.6 is 0 Å². The highest BCUT2D eigenvalue weighted by molar-refractivity contribution is 5.98. The molecule has 0 unspecified atom stereocenters. The van der Waals surface area contributed by atoms with Crippen molar-refractivity contribution in [2.45, 2.75) is 12.8 Å². The van der Waals surface area contributed by atoms with E-state index in [1.54, 1.807) is 44.4 Å². The second-order valence-electron chi connectivity index (χ2n) is 7.11. The summed E-state index contributed by atoms with van der Waals surface area (Å²) in [6.45, 7) is 1.13. The number of hydrogen-bond donors (Lipinski definition) is 0. The molecule has 0 aliphatic carbocycles. The lowest BCUT2D eigenvalue weighted by Gasteiger charge is -2.30. The zero-order chi connectivity index (χ0) is 21.5. The molecule has 0 spiro atoms. The molecule has 1 fully saturated rings. The predicted molar refractivity (Wildman–Crippen MR) is 115 cm³/mol. The van der Waals surface area contributed by atoms with E-state index in [1.165, 1.54) is 6.08 Å². The number of Topliss-reactive ketones (excluding diaryl/α,β-unsaturated/α-hetero) is 1. The van der Waals surface area contributed by atoms with Crippen LogP contribution in [0.1, 0.15) is 28.8 Å². The number of piperidine rings is 1. The van der Waals surface area contributed by atoms with Crippen molar-refractivity contribution in [3.8, 4) is 17.2 Å². The lowest BCUT2D eigenvalue weighted by Crippen LogP contribution is -2.39. The van der Waals surface area contributed by atoms with Crippen LogP contribution in [0.15, 0.2) is 48.5 Å². The van der Waals surface area contributed by atoms with E-state index in [4.69, 9.17) is 14.2 Å². The molecule has 1 heterocycles. The Hall–Kier alpha value is -3.28. The average molecular weight is 409 g/mol. The van der Waals surface area contributed by atoms with Crippen LogP contribution in [0.4, 0.5) is 0 Å². The quantitative estimate of drug-likeness (QED) is 0.513. The summed E-state index contributed by atoms with van der Waals surface area (Å²) in [7, 11) is 4.68. The van der Waals surface area contributed by atoms with E-state index in [1.807, 2.05) is 30.3 Å². The van der Waals surface area contributed by atoms with Crippen molar-refractivity contribution in [1.82, 2.24) is 4.90 Å². The molecule has 0 atom stereocenters. The van der Waals surface area contributed by atoms with Gasteiger partial charge in [0.05, 0.1) is 21.3 Å². The second kappa shape index (κ2) is 9.96. The first-order valence-corrected chi connectivity index (χ1v) is 9.93. The van der Waals surface area contributed by atoms with Gasteiger partial charge in [0, 0.05) is 42.3 Å². The molecule has 0 saturated carbocycles. The molecule has 6 nitrogen and oxygen atoms in total. The number of ketones is 1. The first-order chi connectivity index (χ1) is 14.6. The molecule has 158 valence electrons. The number of benzene rings is 2. The van der Waals surface area contributed by atoms with Gasteiger partial charge in [0.1, 0.15) is 5.75 Å². The molecule has 2 aromatic carbocycles. The van der Waals surface area contributed by atoms with Crippen molar-refractivity contribution < 1.29 is 23.8 Å². The second-order valence-corrected chi connectivity index (χ2v) is 7.11. The molecule has 6 heteroatoms. The number of likely N-dealkylation sites (tertiary alicyclic amines) is 1. The van der Waals surface area contributed by atoms with Gasteiger partial charge >= 0.3 is 0 Å². The van der Waals surface area contributed by atoms with Crippen molar-refractivity contribution in [3.05, 3.63) is 59.7 Å². The monoisotopic (exact) mass is 409 g/mol. The predicted octanol–water partition coefficient (Wildman–Crippen LogP) is 3.85. The molecule has 1 aliphatic heterocycles. The number of hydrogen-bond acceptors (Lipinski definition) is 5. The van der Waals surface area contributed by atoms with Crippen LogP contribution in [0.2, 0.25) is 0 Å². The molecular weight excluding hydrogens is 382 g/mol. The third kappa shape index (κ3) is 4.82. The van der Waals surface area contributed by atoms with Crippen molar-refractivity contribution in [2.75, 3.05) is 34.4 Å². The first kappa shape index (κ1) is 21.4. The zero-order valence-electron chi connectivity index (χ0n) is 17.6. The summed E-state index contributed by atoms with van der Waals surface area (Å²) in [6, 6.07) is 12.8. The normalized spacial score (nSPS) is 14.6. The maximum absolute atomic E-state index is 12.7. The average Bonchev–Trinajstić information content (AvgIpc) is 2.82. The van der Waals surface area contributed by atoms with Crippen LogP contribution in [-0.2, 0) is 4.79 Å². The summed E-state index contributed by atoms with van der Waals surface area (Å²) >= 11 is 0. The Morgan fingerprint density at radius 3 is 2.10 bits per heavy atom. The molecule has 3 rings (SSSR count). The van der Waals surface area contributed by atoms with Gasteiger partial charge in [0.2, 0.25) is 5.91 Å². The fourth-order valence-electron chi connectivity index (χ4n) is 3.65. The van der Waals surface area contributed by atoms with Crippen molar-refractivity contribution in [2.24, 2.45) is 5.92 Å². The van der Waals surface area contributed by atoms with Gasteiger partial charge in [-0.15, -0.1) is 0 Å². The van der Waals surface area contributed by atoms with Gasteiger partial charge in [-0.25, -0.2) is 0 Å². The van der Waals surface area contributed by atoms with E-state index in [-0.39, 0.29) is 17.6 Å². The standard InChI is InChI=1S/C24H27NO5/c1-28-20-16-22(30-3)21(29-2)15-19(20)9-10-23(26)25-13-11-18(12-14-25)24(27)17-7-5-4-6-8-17/h4-10,15-16,18H,11-14H2,1-3H3/b10-9+. The van der Waals surface area contributed by atoms with Crippen LogP contribution in [0.5, 0.6) is 17.2 Å². The van der Waals surface area contributed by atoms with E-state index in [0.29, 0.717) is 43.2 Å². The molecule has 0 N–H and O–H groups in total. The van der Waals surface area contributed by atoms with Crippen LogP contribution in [0.25, 0.3) is 6.08 Å². The Labute approximate surface area is 177 Å². The number of ether oxygens (including phenoxy) is 3. The minimum atomic E-state index is -0.0857. The number of carbonyl (C=O) groups is 2.